The van der Waals surface area contributed by atoms with E-state index < -0.39 is 0 Å². The molecule has 0 amide bonds. The zero-order chi connectivity index (χ0) is 24.7. The molecule has 2 atom stereocenters. The number of hydrogen-bond acceptors (Lipinski definition) is 4. The fourth-order valence-corrected chi connectivity index (χ4v) is 5.08. The van der Waals surface area contributed by atoms with Crippen LogP contribution in [0.3, 0.4) is 0 Å². The summed E-state index contributed by atoms with van der Waals surface area (Å²) in [5, 5.41) is 7.83. The summed E-state index contributed by atoms with van der Waals surface area (Å²) in [7, 11) is 0. The SMILES string of the molecule is CCOc1ccc(-n2cccc2C2C(c3ccccn3)NC(=S)N2CCCNc2ccccc2)cc1. The number of ether oxygens (including phenoxy) is 1. The molecule has 5 rings (SSSR count). The van der Waals surface area contributed by atoms with Crippen LogP contribution in [0.25, 0.3) is 5.69 Å². The van der Waals surface area contributed by atoms with Gasteiger partial charge in [-0.1, -0.05) is 24.3 Å². The van der Waals surface area contributed by atoms with Crippen molar-refractivity contribution in [3.63, 3.8) is 0 Å². The first-order chi connectivity index (χ1) is 17.7. The lowest BCUT2D eigenvalue weighted by Crippen LogP contribution is -2.32. The van der Waals surface area contributed by atoms with Gasteiger partial charge in [-0.15, -0.1) is 0 Å². The van der Waals surface area contributed by atoms with Gasteiger partial charge < -0.3 is 24.8 Å². The number of nitrogens with zero attached hydrogens (tertiary/aromatic N) is 3. The van der Waals surface area contributed by atoms with Gasteiger partial charge in [-0.2, -0.15) is 0 Å². The summed E-state index contributed by atoms with van der Waals surface area (Å²) >= 11 is 5.86. The monoisotopic (exact) mass is 497 g/mol. The van der Waals surface area contributed by atoms with Crippen molar-refractivity contribution in [3.8, 4) is 11.4 Å². The number of anilines is 1. The van der Waals surface area contributed by atoms with Crippen LogP contribution in [0.15, 0.2) is 97.3 Å². The van der Waals surface area contributed by atoms with Crippen molar-refractivity contribution in [2.24, 2.45) is 0 Å². The van der Waals surface area contributed by atoms with Crippen LogP contribution in [0.1, 0.15) is 36.8 Å². The Morgan fingerprint density at radius 1 is 0.972 bits per heavy atom. The van der Waals surface area contributed by atoms with Gasteiger partial charge in [0.05, 0.1) is 24.4 Å². The summed E-state index contributed by atoms with van der Waals surface area (Å²) in [6.07, 6.45) is 4.90. The van der Waals surface area contributed by atoms with Gasteiger partial charge >= 0.3 is 0 Å². The van der Waals surface area contributed by atoms with E-state index in [0.29, 0.717) is 6.61 Å². The molecule has 36 heavy (non-hydrogen) atoms. The summed E-state index contributed by atoms with van der Waals surface area (Å²) in [4.78, 5) is 6.98. The Morgan fingerprint density at radius 3 is 2.53 bits per heavy atom. The third-order valence-electron chi connectivity index (χ3n) is 6.39. The fraction of sp³-hybridized carbons (Fsp3) is 0.241. The molecule has 0 saturated carbocycles. The van der Waals surface area contributed by atoms with Crippen molar-refractivity contribution in [1.82, 2.24) is 19.8 Å². The molecule has 2 aromatic heterocycles. The number of thiocarbonyl (C=S) groups is 1. The Kier molecular flexibility index (Phi) is 7.47. The first-order valence-electron chi connectivity index (χ1n) is 12.4. The van der Waals surface area contributed by atoms with Gasteiger partial charge in [-0.05, 0) is 86.2 Å². The van der Waals surface area contributed by atoms with E-state index in [1.165, 1.54) is 0 Å². The van der Waals surface area contributed by atoms with Gasteiger partial charge in [0.15, 0.2) is 5.11 Å². The molecule has 0 radical (unpaired) electrons. The van der Waals surface area contributed by atoms with Gasteiger partial charge in [0, 0.05) is 42.6 Å². The lowest BCUT2D eigenvalue weighted by molar-refractivity contribution is 0.307. The molecular formula is C29H31N5OS. The van der Waals surface area contributed by atoms with Gasteiger partial charge in [-0.3, -0.25) is 4.98 Å². The van der Waals surface area contributed by atoms with Crippen molar-refractivity contribution < 1.29 is 4.74 Å². The molecule has 4 aromatic rings. The van der Waals surface area contributed by atoms with E-state index >= 15 is 0 Å². The van der Waals surface area contributed by atoms with Crippen LogP contribution in [0.4, 0.5) is 5.69 Å². The van der Waals surface area contributed by atoms with E-state index in [1.807, 2.05) is 55.6 Å². The summed E-state index contributed by atoms with van der Waals surface area (Å²) < 4.78 is 7.88. The molecule has 0 bridgehead atoms. The van der Waals surface area contributed by atoms with Crippen LogP contribution >= 0.6 is 12.2 Å². The maximum atomic E-state index is 5.86. The number of para-hydroxylation sites is 1. The second-order valence-corrected chi connectivity index (χ2v) is 9.08. The third kappa shape index (κ3) is 5.21. The molecule has 1 aliphatic heterocycles. The average Bonchev–Trinajstić information content (AvgIpc) is 3.53. The van der Waals surface area contributed by atoms with Gasteiger partial charge in [-0.25, -0.2) is 0 Å². The maximum absolute atomic E-state index is 5.86. The predicted molar refractivity (Wildman–Crippen MR) is 149 cm³/mol. The number of benzene rings is 2. The Bertz CT molecular complexity index is 1260. The Labute approximate surface area is 217 Å². The van der Waals surface area contributed by atoms with Crippen LogP contribution in [0, 0.1) is 0 Å². The molecule has 6 nitrogen and oxygen atoms in total. The largest absolute Gasteiger partial charge is 0.494 e. The summed E-state index contributed by atoms with van der Waals surface area (Å²) in [6.45, 7) is 4.34. The molecule has 184 valence electrons. The smallest absolute Gasteiger partial charge is 0.170 e. The highest BCUT2D eigenvalue weighted by Gasteiger charge is 2.40. The third-order valence-corrected chi connectivity index (χ3v) is 6.74. The van der Waals surface area contributed by atoms with E-state index in [0.717, 1.165) is 53.1 Å². The van der Waals surface area contributed by atoms with Gasteiger partial charge in [0.1, 0.15) is 5.75 Å². The van der Waals surface area contributed by atoms with E-state index in [2.05, 4.69) is 73.7 Å². The minimum Gasteiger partial charge on any atom is -0.494 e. The highest BCUT2D eigenvalue weighted by Crippen LogP contribution is 2.39. The molecule has 1 fully saturated rings. The lowest BCUT2D eigenvalue weighted by atomic mass is 10.0. The summed E-state index contributed by atoms with van der Waals surface area (Å²) in [5.74, 6) is 0.873. The van der Waals surface area contributed by atoms with Crippen molar-refractivity contribution in [3.05, 3.63) is 109 Å². The Morgan fingerprint density at radius 2 is 1.78 bits per heavy atom. The molecule has 2 N–H and O–H groups in total. The quantitative estimate of drug-likeness (QED) is 0.215. The number of hydrogen-bond donors (Lipinski definition) is 2. The fourth-order valence-electron chi connectivity index (χ4n) is 4.75. The van der Waals surface area contributed by atoms with E-state index in [9.17, 15) is 0 Å². The van der Waals surface area contributed by atoms with Crippen LogP contribution in [-0.2, 0) is 0 Å². The minimum atomic E-state index is -0.0443. The Hall–Kier alpha value is -3.84. The second-order valence-electron chi connectivity index (χ2n) is 8.70. The number of nitrogens with one attached hydrogen (secondary N) is 2. The highest BCUT2D eigenvalue weighted by molar-refractivity contribution is 7.80. The van der Waals surface area contributed by atoms with Gasteiger partial charge in [0.2, 0.25) is 0 Å². The standard InChI is InChI=1S/C29H31N5OS/c1-2-35-24-16-14-23(15-17-24)33-20-8-13-26(33)28-27(25-12-6-7-18-31-25)32-29(36)34(28)21-9-19-30-22-10-4-3-5-11-22/h3-8,10-18,20,27-28,30H,2,9,19,21H2,1H3,(H,32,36). The molecule has 0 spiro atoms. The zero-order valence-corrected chi connectivity index (χ0v) is 21.2. The Balaban J connectivity index is 1.41. The van der Waals surface area contributed by atoms with Crippen molar-refractivity contribution in [2.45, 2.75) is 25.4 Å². The maximum Gasteiger partial charge on any atom is 0.170 e. The highest BCUT2D eigenvalue weighted by atomic mass is 32.1. The van der Waals surface area contributed by atoms with Crippen LogP contribution in [-0.4, -0.2) is 39.3 Å². The molecule has 2 unspecified atom stereocenters. The summed E-state index contributed by atoms with van der Waals surface area (Å²) in [5.41, 5.74) is 4.36. The number of rotatable bonds is 10. The topological polar surface area (TPSA) is 54.4 Å². The van der Waals surface area contributed by atoms with Crippen molar-refractivity contribution in [1.29, 1.82) is 0 Å². The molecule has 3 heterocycles. The number of pyridine rings is 1. The van der Waals surface area contributed by atoms with Crippen LogP contribution in [0.2, 0.25) is 0 Å². The molecular weight excluding hydrogens is 466 g/mol. The zero-order valence-electron chi connectivity index (χ0n) is 20.4. The summed E-state index contributed by atoms with van der Waals surface area (Å²) in [6, 6.07) is 28.8. The van der Waals surface area contributed by atoms with Crippen LogP contribution < -0.4 is 15.4 Å². The van der Waals surface area contributed by atoms with Crippen molar-refractivity contribution in [2.75, 3.05) is 25.0 Å². The molecule has 2 aromatic carbocycles. The lowest BCUT2D eigenvalue weighted by Gasteiger charge is -2.29. The molecule has 1 aliphatic rings. The molecule has 0 aliphatic carbocycles. The molecule has 1 saturated heterocycles. The van der Waals surface area contributed by atoms with E-state index in [4.69, 9.17) is 17.0 Å². The minimum absolute atomic E-state index is 0.00527. The van der Waals surface area contributed by atoms with E-state index in [1.54, 1.807) is 0 Å². The number of aromatic nitrogens is 2. The average molecular weight is 498 g/mol. The predicted octanol–water partition coefficient (Wildman–Crippen LogP) is 5.75. The normalized spacial score (nSPS) is 17.1. The van der Waals surface area contributed by atoms with E-state index in [-0.39, 0.29) is 12.1 Å². The van der Waals surface area contributed by atoms with Gasteiger partial charge in [0.25, 0.3) is 0 Å². The first-order valence-corrected chi connectivity index (χ1v) is 12.8. The second kappa shape index (κ2) is 11.3. The first kappa shape index (κ1) is 23.9. The van der Waals surface area contributed by atoms with Crippen LogP contribution in [0.5, 0.6) is 5.75 Å². The van der Waals surface area contributed by atoms with Crippen molar-refractivity contribution >= 4 is 23.0 Å². The molecule has 7 heteroatoms.